The van der Waals surface area contributed by atoms with Crippen LogP contribution in [0.4, 0.5) is 15.8 Å². The van der Waals surface area contributed by atoms with Crippen LogP contribution < -0.4 is 9.80 Å². The zero-order valence-electron chi connectivity index (χ0n) is 18.0. The molecule has 1 heterocycles. The smallest absolute Gasteiger partial charge is 0.300 e. The molecule has 4 rings (SSSR count). The highest BCUT2D eigenvalue weighted by Gasteiger charge is 2.47. The largest absolute Gasteiger partial charge is 0.507 e. The van der Waals surface area contributed by atoms with Gasteiger partial charge in [0, 0.05) is 31.0 Å². The average molecular weight is 430 g/mol. The zero-order chi connectivity index (χ0) is 23.0. The fourth-order valence-corrected chi connectivity index (χ4v) is 3.91. The van der Waals surface area contributed by atoms with Gasteiger partial charge in [-0.2, -0.15) is 0 Å². The lowest BCUT2D eigenvalue weighted by atomic mass is 9.95. The van der Waals surface area contributed by atoms with E-state index in [1.807, 2.05) is 68.4 Å². The molecule has 1 aliphatic rings. The van der Waals surface area contributed by atoms with Crippen LogP contribution >= 0.6 is 0 Å². The topological polar surface area (TPSA) is 60.9 Å². The predicted molar refractivity (Wildman–Crippen MR) is 123 cm³/mol. The van der Waals surface area contributed by atoms with E-state index in [4.69, 9.17) is 0 Å². The highest BCUT2D eigenvalue weighted by molar-refractivity contribution is 6.51. The lowest BCUT2D eigenvalue weighted by Gasteiger charge is -2.26. The lowest BCUT2D eigenvalue weighted by molar-refractivity contribution is -0.132. The summed E-state index contributed by atoms with van der Waals surface area (Å²) in [5, 5.41) is 11.0. The molecule has 3 aromatic carbocycles. The molecule has 1 N–H and O–H groups in total. The fourth-order valence-electron chi connectivity index (χ4n) is 3.91. The maximum absolute atomic E-state index is 13.4. The Labute approximate surface area is 186 Å². The van der Waals surface area contributed by atoms with E-state index in [0.717, 1.165) is 11.3 Å². The van der Waals surface area contributed by atoms with Crippen molar-refractivity contribution in [2.24, 2.45) is 0 Å². The molecule has 1 atom stereocenters. The average Bonchev–Trinajstić information content (AvgIpc) is 3.04. The third-order valence-corrected chi connectivity index (χ3v) is 5.57. The van der Waals surface area contributed by atoms with Gasteiger partial charge >= 0.3 is 0 Å². The molecule has 1 amide bonds. The van der Waals surface area contributed by atoms with Crippen molar-refractivity contribution < 1.29 is 19.1 Å². The molecular formula is C26H23FN2O3. The molecule has 1 fully saturated rings. The van der Waals surface area contributed by atoms with Gasteiger partial charge in [-0.1, -0.05) is 24.3 Å². The summed E-state index contributed by atoms with van der Waals surface area (Å²) in [7, 11) is 3.84. The molecular weight excluding hydrogens is 407 g/mol. The van der Waals surface area contributed by atoms with Crippen LogP contribution in [0.25, 0.3) is 5.76 Å². The first kappa shape index (κ1) is 21.3. The van der Waals surface area contributed by atoms with Crippen molar-refractivity contribution in [1.29, 1.82) is 0 Å². The number of Topliss-reactive ketones (excluding diaryl/α,β-unsaturated/α-hetero) is 1. The number of hydrogen-bond donors (Lipinski definition) is 1. The summed E-state index contributed by atoms with van der Waals surface area (Å²) in [6.07, 6.45) is 0. The summed E-state index contributed by atoms with van der Waals surface area (Å²) < 4.78 is 13.4. The highest BCUT2D eigenvalue weighted by atomic mass is 19.1. The van der Waals surface area contributed by atoms with Gasteiger partial charge in [-0.25, -0.2) is 4.39 Å². The van der Waals surface area contributed by atoms with Crippen molar-refractivity contribution in [3.63, 3.8) is 0 Å². The van der Waals surface area contributed by atoms with Gasteiger partial charge in [0.2, 0.25) is 0 Å². The second-order valence-electron chi connectivity index (χ2n) is 8.00. The van der Waals surface area contributed by atoms with Crippen molar-refractivity contribution in [3.8, 4) is 0 Å². The SMILES string of the molecule is Cc1cccc(N2C(=O)C(=O)/C(=C(/O)c3ccc(F)cc3)C2c2ccc(N(C)C)cc2)c1. The summed E-state index contributed by atoms with van der Waals surface area (Å²) in [4.78, 5) is 29.6. The van der Waals surface area contributed by atoms with Gasteiger partial charge in [-0.15, -0.1) is 0 Å². The molecule has 162 valence electrons. The van der Waals surface area contributed by atoms with E-state index in [2.05, 4.69) is 0 Å². The second-order valence-corrected chi connectivity index (χ2v) is 8.00. The molecule has 1 unspecified atom stereocenters. The highest BCUT2D eigenvalue weighted by Crippen LogP contribution is 2.42. The number of benzene rings is 3. The molecule has 0 spiro atoms. The van der Waals surface area contributed by atoms with E-state index in [9.17, 15) is 19.1 Å². The Hall–Kier alpha value is -3.93. The first-order valence-electron chi connectivity index (χ1n) is 10.2. The fraction of sp³-hybridized carbons (Fsp3) is 0.154. The lowest BCUT2D eigenvalue weighted by Crippen LogP contribution is -2.29. The maximum atomic E-state index is 13.4. The number of nitrogens with zero attached hydrogens (tertiary/aromatic N) is 2. The van der Waals surface area contributed by atoms with Crippen LogP contribution in [-0.4, -0.2) is 30.9 Å². The Kier molecular flexibility index (Phi) is 5.53. The van der Waals surface area contributed by atoms with Gasteiger partial charge in [0.1, 0.15) is 11.6 Å². The van der Waals surface area contributed by atoms with Crippen molar-refractivity contribution in [1.82, 2.24) is 0 Å². The summed E-state index contributed by atoms with van der Waals surface area (Å²) in [5.41, 5.74) is 3.38. The Balaban J connectivity index is 1.93. The maximum Gasteiger partial charge on any atom is 0.300 e. The molecule has 1 saturated heterocycles. The summed E-state index contributed by atoms with van der Waals surface area (Å²) in [5.74, 6) is -2.30. The predicted octanol–water partition coefficient (Wildman–Crippen LogP) is 4.83. The van der Waals surface area contributed by atoms with Crippen molar-refractivity contribution >= 4 is 28.8 Å². The number of rotatable bonds is 4. The van der Waals surface area contributed by atoms with Crippen LogP contribution in [0.2, 0.25) is 0 Å². The first-order valence-corrected chi connectivity index (χ1v) is 10.2. The van der Waals surface area contributed by atoms with Gasteiger partial charge in [-0.05, 0) is 66.6 Å². The van der Waals surface area contributed by atoms with Gasteiger partial charge in [-0.3, -0.25) is 14.5 Å². The van der Waals surface area contributed by atoms with E-state index in [0.29, 0.717) is 11.3 Å². The minimum atomic E-state index is -0.821. The molecule has 0 bridgehead atoms. The second kappa shape index (κ2) is 8.30. The Bertz CT molecular complexity index is 1210. The summed E-state index contributed by atoms with van der Waals surface area (Å²) >= 11 is 0. The van der Waals surface area contributed by atoms with Gasteiger partial charge in [0.25, 0.3) is 11.7 Å². The molecule has 0 saturated carbocycles. The number of carbonyl (C=O) groups excluding carboxylic acids is 2. The van der Waals surface area contributed by atoms with Crippen LogP contribution in [0.1, 0.15) is 22.7 Å². The van der Waals surface area contributed by atoms with Crippen LogP contribution in [0, 0.1) is 12.7 Å². The van der Waals surface area contributed by atoms with Gasteiger partial charge < -0.3 is 10.0 Å². The summed E-state index contributed by atoms with van der Waals surface area (Å²) in [6, 6.07) is 19.1. The monoisotopic (exact) mass is 430 g/mol. The molecule has 0 aliphatic carbocycles. The van der Waals surface area contributed by atoms with Crippen LogP contribution in [0.15, 0.2) is 78.4 Å². The molecule has 0 radical (unpaired) electrons. The number of aliphatic hydroxyl groups is 1. The number of carbonyl (C=O) groups is 2. The van der Waals surface area contributed by atoms with Crippen molar-refractivity contribution in [2.45, 2.75) is 13.0 Å². The quantitative estimate of drug-likeness (QED) is 0.366. The summed E-state index contributed by atoms with van der Waals surface area (Å²) in [6.45, 7) is 1.90. The minimum absolute atomic E-state index is 0.0271. The number of aliphatic hydroxyl groups excluding tert-OH is 1. The van der Waals surface area contributed by atoms with E-state index in [-0.39, 0.29) is 16.9 Å². The number of halogens is 1. The Morgan fingerprint density at radius 1 is 0.969 bits per heavy atom. The molecule has 6 heteroatoms. The number of hydrogen-bond acceptors (Lipinski definition) is 4. The van der Waals surface area contributed by atoms with Crippen LogP contribution in [0.3, 0.4) is 0 Å². The molecule has 3 aromatic rings. The third kappa shape index (κ3) is 3.75. The normalized spacial score (nSPS) is 17.6. The standard InChI is InChI=1S/C26H23FN2O3/c1-16-5-4-6-21(15-16)29-23(17-9-13-20(14-10-17)28(2)3)22(25(31)26(29)32)24(30)18-7-11-19(27)12-8-18/h4-15,23,30H,1-3H3/b24-22+. The number of amides is 1. The van der Waals surface area contributed by atoms with E-state index < -0.39 is 23.5 Å². The number of aryl methyl sites for hydroxylation is 1. The number of ketones is 1. The van der Waals surface area contributed by atoms with Crippen molar-refractivity contribution in [3.05, 3.63) is 101 Å². The van der Waals surface area contributed by atoms with Gasteiger partial charge in [0.15, 0.2) is 0 Å². The minimum Gasteiger partial charge on any atom is -0.507 e. The third-order valence-electron chi connectivity index (χ3n) is 5.57. The Morgan fingerprint density at radius 2 is 1.62 bits per heavy atom. The van der Waals surface area contributed by atoms with Crippen LogP contribution in [0.5, 0.6) is 0 Å². The first-order chi connectivity index (χ1) is 15.3. The van der Waals surface area contributed by atoms with E-state index in [1.165, 1.54) is 29.2 Å². The number of anilines is 2. The zero-order valence-corrected chi connectivity index (χ0v) is 18.0. The molecule has 32 heavy (non-hydrogen) atoms. The molecule has 5 nitrogen and oxygen atoms in total. The van der Waals surface area contributed by atoms with Crippen molar-refractivity contribution in [2.75, 3.05) is 23.9 Å². The van der Waals surface area contributed by atoms with Crippen LogP contribution in [-0.2, 0) is 9.59 Å². The Morgan fingerprint density at radius 3 is 2.22 bits per heavy atom. The van der Waals surface area contributed by atoms with Gasteiger partial charge in [0.05, 0.1) is 11.6 Å². The van der Waals surface area contributed by atoms with E-state index in [1.54, 1.807) is 6.07 Å². The van der Waals surface area contributed by atoms with E-state index >= 15 is 0 Å². The molecule has 1 aliphatic heterocycles. The molecule has 0 aromatic heterocycles.